The lowest BCUT2D eigenvalue weighted by Crippen LogP contribution is -2.25. The van der Waals surface area contributed by atoms with Crippen molar-refractivity contribution in [1.82, 2.24) is 14.7 Å². The van der Waals surface area contributed by atoms with Gasteiger partial charge in [0, 0.05) is 31.1 Å². The van der Waals surface area contributed by atoms with Crippen LogP contribution in [0.5, 0.6) is 0 Å². The van der Waals surface area contributed by atoms with Gasteiger partial charge in [-0.25, -0.2) is 23.1 Å². The van der Waals surface area contributed by atoms with E-state index in [2.05, 4.69) is 14.7 Å². The molecular weight excluding hydrogens is 266 g/mol. The molecule has 0 amide bonds. The fourth-order valence-corrected chi connectivity index (χ4v) is 2.45. The smallest absolute Gasteiger partial charge is 0.211 e. The van der Waals surface area contributed by atoms with Crippen LogP contribution in [0, 0.1) is 0 Å². The molecule has 1 aromatic rings. The van der Waals surface area contributed by atoms with E-state index in [0.29, 0.717) is 5.82 Å². The fourth-order valence-electron chi connectivity index (χ4n) is 1.86. The van der Waals surface area contributed by atoms with Crippen molar-refractivity contribution in [1.29, 1.82) is 0 Å². The molecule has 1 fully saturated rings. The molecule has 1 aromatic heterocycles. The normalized spacial score (nSPS) is 20.4. The van der Waals surface area contributed by atoms with Crippen LogP contribution in [0.25, 0.3) is 0 Å². The van der Waals surface area contributed by atoms with Crippen molar-refractivity contribution in [2.45, 2.75) is 38.8 Å². The summed E-state index contributed by atoms with van der Waals surface area (Å²) in [5.74, 6) is 0.754. The molecule has 0 radical (unpaired) electrons. The van der Waals surface area contributed by atoms with E-state index in [1.165, 1.54) is 0 Å². The van der Waals surface area contributed by atoms with Gasteiger partial charge in [0.05, 0.1) is 5.75 Å². The highest BCUT2D eigenvalue weighted by Gasteiger charge is 2.18. The summed E-state index contributed by atoms with van der Waals surface area (Å²) in [7, 11) is -3.18. The first-order valence-corrected chi connectivity index (χ1v) is 8.15. The maximum Gasteiger partial charge on any atom is 0.211 e. The number of ether oxygens (including phenoxy) is 1. The van der Waals surface area contributed by atoms with Gasteiger partial charge in [0.2, 0.25) is 10.0 Å². The molecular formula is C12H19N3O3S. The van der Waals surface area contributed by atoms with Gasteiger partial charge < -0.3 is 4.74 Å². The van der Waals surface area contributed by atoms with Gasteiger partial charge in [-0.1, -0.05) is 0 Å². The molecule has 1 saturated heterocycles. The summed E-state index contributed by atoms with van der Waals surface area (Å²) in [6, 6.07) is 0. The molecule has 6 nitrogen and oxygen atoms in total. The first kappa shape index (κ1) is 14.4. The fraction of sp³-hybridized carbons (Fsp3) is 0.667. The Labute approximate surface area is 113 Å². The van der Waals surface area contributed by atoms with E-state index in [1.54, 1.807) is 19.3 Å². The van der Waals surface area contributed by atoms with Gasteiger partial charge in [0.15, 0.2) is 5.82 Å². The Bertz CT molecular complexity index is 495. The Balaban J connectivity index is 1.94. The standard InChI is InChI=1S/C12H19N3O3S/c1-2-19(16,17)15-9-10-7-13-12(14-8-10)11-5-3-4-6-18-11/h7-8,11,15H,2-6,9H2,1H3/t11-/m0/s1. The second kappa shape index (κ2) is 6.40. The van der Waals surface area contributed by atoms with Crippen LogP contribution in [0.15, 0.2) is 12.4 Å². The third-order valence-electron chi connectivity index (χ3n) is 3.07. The minimum absolute atomic E-state index is 0.0184. The first-order valence-electron chi connectivity index (χ1n) is 6.50. The SMILES string of the molecule is CCS(=O)(=O)NCc1cnc([C@@H]2CCCCO2)nc1. The number of rotatable bonds is 5. The number of hydrogen-bond acceptors (Lipinski definition) is 5. The predicted molar refractivity (Wildman–Crippen MR) is 70.9 cm³/mol. The van der Waals surface area contributed by atoms with Crippen LogP contribution in [0.4, 0.5) is 0 Å². The molecule has 0 unspecified atom stereocenters. The van der Waals surface area contributed by atoms with Gasteiger partial charge >= 0.3 is 0 Å². The zero-order chi connectivity index (χ0) is 13.7. The van der Waals surface area contributed by atoms with Crippen LogP contribution < -0.4 is 4.72 Å². The van der Waals surface area contributed by atoms with E-state index in [1.807, 2.05) is 0 Å². The largest absolute Gasteiger partial charge is 0.370 e. The summed E-state index contributed by atoms with van der Waals surface area (Å²) in [6.07, 6.45) is 6.45. The van der Waals surface area contributed by atoms with E-state index in [0.717, 1.165) is 31.4 Å². The van der Waals surface area contributed by atoms with Gasteiger partial charge in [-0.3, -0.25) is 0 Å². The molecule has 0 bridgehead atoms. The van der Waals surface area contributed by atoms with Gasteiger partial charge in [0.25, 0.3) is 0 Å². The van der Waals surface area contributed by atoms with Gasteiger partial charge in [-0.15, -0.1) is 0 Å². The molecule has 1 atom stereocenters. The Morgan fingerprint density at radius 3 is 2.68 bits per heavy atom. The van der Waals surface area contributed by atoms with Crippen molar-refractivity contribution in [2.75, 3.05) is 12.4 Å². The van der Waals surface area contributed by atoms with E-state index in [4.69, 9.17) is 4.74 Å². The van der Waals surface area contributed by atoms with E-state index >= 15 is 0 Å². The van der Waals surface area contributed by atoms with Crippen molar-refractivity contribution < 1.29 is 13.2 Å². The number of aromatic nitrogens is 2. The molecule has 1 aliphatic heterocycles. The summed E-state index contributed by atoms with van der Waals surface area (Å²) in [4.78, 5) is 8.52. The topological polar surface area (TPSA) is 81.2 Å². The first-order chi connectivity index (χ1) is 9.11. The van der Waals surface area contributed by atoms with E-state index < -0.39 is 10.0 Å². The molecule has 1 N–H and O–H groups in total. The van der Waals surface area contributed by atoms with Crippen molar-refractivity contribution in [3.8, 4) is 0 Å². The Morgan fingerprint density at radius 1 is 1.37 bits per heavy atom. The Morgan fingerprint density at radius 2 is 2.11 bits per heavy atom. The number of sulfonamides is 1. The van der Waals surface area contributed by atoms with Crippen LogP contribution in [0.3, 0.4) is 0 Å². The van der Waals surface area contributed by atoms with Crippen molar-refractivity contribution in [2.24, 2.45) is 0 Å². The minimum Gasteiger partial charge on any atom is -0.370 e. The van der Waals surface area contributed by atoms with Gasteiger partial charge in [-0.2, -0.15) is 0 Å². The maximum absolute atomic E-state index is 11.3. The van der Waals surface area contributed by atoms with Crippen LogP contribution in [-0.4, -0.2) is 30.7 Å². The highest BCUT2D eigenvalue weighted by Crippen LogP contribution is 2.24. The summed E-state index contributed by atoms with van der Waals surface area (Å²) >= 11 is 0. The highest BCUT2D eigenvalue weighted by atomic mass is 32.2. The molecule has 2 rings (SSSR count). The molecule has 106 valence electrons. The predicted octanol–water partition coefficient (Wildman–Crippen LogP) is 1.16. The summed E-state index contributed by atoms with van der Waals surface area (Å²) in [6.45, 7) is 2.58. The average molecular weight is 285 g/mol. The zero-order valence-electron chi connectivity index (χ0n) is 11.0. The van der Waals surface area contributed by atoms with Crippen LogP contribution in [0.1, 0.15) is 43.7 Å². The number of nitrogens with one attached hydrogen (secondary N) is 1. The number of hydrogen-bond donors (Lipinski definition) is 1. The van der Waals surface area contributed by atoms with Crippen LogP contribution in [0.2, 0.25) is 0 Å². The molecule has 7 heteroatoms. The van der Waals surface area contributed by atoms with Crippen molar-refractivity contribution in [3.05, 3.63) is 23.8 Å². The van der Waals surface area contributed by atoms with Gasteiger partial charge in [0.1, 0.15) is 6.10 Å². The molecule has 0 saturated carbocycles. The lowest BCUT2D eigenvalue weighted by molar-refractivity contribution is 0.00940. The molecule has 0 aromatic carbocycles. The zero-order valence-corrected chi connectivity index (χ0v) is 11.8. The molecule has 2 heterocycles. The second-order valence-corrected chi connectivity index (χ2v) is 6.62. The lowest BCUT2D eigenvalue weighted by atomic mass is 10.1. The molecule has 1 aliphatic rings. The third kappa shape index (κ3) is 4.22. The molecule has 0 aliphatic carbocycles. The Hall–Kier alpha value is -1.05. The van der Waals surface area contributed by atoms with Gasteiger partial charge in [-0.05, 0) is 26.2 Å². The quantitative estimate of drug-likeness (QED) is 0.878. The van der Waals surface area contributed by atoms with Crippen molar-refractivity contribution >= 4 is 10.0 Å². The summed E-state index contributed by atoms with van der Waals surface area (Å²) < 4.78 is 30.7. The monoisotopic (exact) mass is 285 g/mol. The second-order valence-electron chi connectivity index (χ2n) is 4.53. The third-order valence-corrected chi connectivity index (χ3v) is 4.41. The van der Waals surface area contributed by atoms with E-state index in [-0.39, 0.29) is 18.4 Å². The average Bonchev–Trinajstić information content (AvgIpc) is 2.47. The maximum atomic E-state index is 11.3. The van der Waals surface area contributed by atoms with Crippen molar-refractivity contribution in [3.63, 3.8) is 0 Å². The van der Waals surface area contributed by atoms with Crippen LogP contribution in [-0.2, 0) is 21.3 Å². The summed E-state index contributed by atoms with van der Waals surface area (Å²) in [5, 5.41) is 0. The minimum atomic E-state index is -3.18. The number of nitrogens with zero attached hydrogens (tertiary/aromatic N) is 2. The van der Waals surface area contributed by atoms with Crippen LogP contribution >= 0.6 is 0 Å². The molecule has 0 spiro atoms. The lowest BCUT2D eigenvalue weighted by Gasteiger charge is -2.21. The van der Waals surface area contributed by atoms with E-state index in [9.17, 15) is 8.42 Å². The highest BCUT2D eigenvalue weighted by molar-refractivity contribution is 7.89. The summed E-state index contributed by atoms with van der Waals surface area (Å²) in [5.41, 5.74) is 0.747. The molecule has 19 heavy (non-hydrogen) atoms. The Kier molecular flexibility index (Phi) is 4.84.